The number of anilines is 2. The molecule has 0 aliphatic rings. The first-order valence-electron chi connectivity index (χ1n) is 8.23. The third kappa shape index (κ3) is 4.81. The van der Waals surface area contributed by atoms with Gasteiger partial charge < -0.3 is 9.50 Å². The predicted octanol–water partition coefficient (Wildman–Crippen LogP) is 3.38. The average molecular weight is 384 g/mol. The molecule has 0 bridgehead atoms. The summed E-state index contributed by atoms with van der Waals surface area (Å²) in [5.41, 5.74) is 2.58. The van der Waals surface area contributed by atoms with E-state index in [0.29, 0.717) is 11.6 Å². The normalized spacial score (nSPS) is 11.4. The van der Waals surface area contributed by atoms with E-state index in [2.05, 4.69) is 15.3 Å². The zero-order chi connectivity index (χ0) is 19.4. The predicted molar refractivity (Wildman–Crippen MR) is 105 cm³/mol. The number of nitrogens with one attached hydrogen (secondary N) is 1. The second kappa shape index (κ2) is 7.73. The topological polar surface area (TPSA) is 84.4 Å². The molecule has 140 valence electrons. The number of hydrogen-bond donors (Lipinski definition) is 1. The van der Waals surface area contributed by atoms with E-state index in [-0.39, 0.29) is 5.75 Å². The molecule has 0 aliphatic heterocycles. The molecule has 2 aromatic carbocycles. The molecule has 1 aromatic heterocycles. The summed E-state index contributed by atoms with van der Waals surface area (Å²) in [5.74, 6) is 1.53. The van der Waals surface area contributed by atoms with Crippen molar-refractivity contribution >= 4 is 21.8 Å². The van der Waals surface area contributed by atoms with Crippen LogP contribution in [0.15, 0.2) is 60.7 Å². The van der Waals surface area contributed by atoms with Gasteiger partial charge in [-0.05, 0) is 31.2 Å². The Morgan fingerprint density at radius 3 is 2.26 bits per heavy atom. The van der Waals surface area contributed by atoms with Crippen LogP contribution < -0.4 is 9.50 Å². The van der Waals surface area contributed by atoms with Crippen LogP contribution in [0.2, 0.25) is 0 Å². The number of hydrogen-bond acceptors (Lipinski definition) is 6. The lowest BCUT2D eigenvalue weighted by molar-refractivity contribution is 0.421. The van der Waals surface area contributed by atoms with Crippen LogP contribution in [-0.2, 0) is 10.3 Å². The van der Waals surface area contributed by atoms with E-state index in [1.165, 1.54) is 14.1 Å². The molecule has 0 saturated heterocycles. The summed E-state index contributed by atoms with van der Waals surface area (Å²) in [5, 5.41) is 3.20. The maximum absolute atomic E-state index is 11.8. The fourth-order valence-corrected chi connectivity index (χ4v) is 2.83. The fourth-order valence-electron chi connectivity index (χ4n) is 2.33. The minimum absolute atomic E-state index is 0.234. The summed E-state index contributed by atoms with van der Waals surface area (Å²) in [4.78, 5) is 8.88. The minimum atomic E-state index is -3.77. The van der Waals surface area contributed by atoms with Gasteiger partial charge in [-0.15, -0.1) is 0 Å². The molecule has 8 heteroatoms. The van der Waals surface area contributed by atoms with Gasteiger partial charge in [0.2, 0.25) is 0 Å². The van der Waals surface area contributed by atoms with E-state index in [1.807, 2.05) is 43.3 Å². The van der Waals surface area contributed by atoms with Crippen molar-refractivity contribution in [3.63, 3.8) is 0 Å². The molecular formula is C19H20N4O3S. The first-order valence-corrected chi connectivity index (χ1v) is 9.60. The quantitative estimate of drug-likeness (QED) is 0.701. The van der Waals surface area contributed by atoms with Gasteiger partial charge in [0.15, 0.2) is 0 Å². The van der Waals surface area contributed by atoms with Crippen molar-refractivity contribution in [1.29, 1.82) is 0 Å². The summed E-state index contributed by atoms with van der Waals surface area (Å²) in [7, 11) is -0.953. The monoisotopic (exact) mass is 384 g/mol. The summed E-state index contributed by atoms with van der Waals surface area (Å²) in [6.45, 7) is 1.83. The SMILES string of the molecule is Cc1nc(Nc2ccc(OS(=O)(=O)N(C)C)cc2)cc(-c2ccccc2)n1. The first-order chi connectivity index (χ1) is 12.8. The van der Waals surface area contributed by atoms with E-state index in [1.54, 1.807) is 24.3 Å². The van der Waals surface area contributed by atoms with Gasteiger partial charge in [0.25, 0.3) is 0 Å². The highest BCUT2D eigenvalue weighted by Gasteiger charge is 2.15. The first kappa shape index (κ1) is 18.8. The third-order valence-corrected chi connectivity index (χ3v) is 4.98. The van der Waals surface area contributed by atoms with E-state index >= 15 is 0 Å². The van der Waals surface area contributed by atoms with E-state index in [0.717, 1.165) is 21.2 Å². The Morgan fingerprint density at radius 2 is 1.63 bits per heavy atom. The van der Waals surface area contributed by atoms with Crippen LogP contribution in [0, 0.1) is 6.92 Å². The second-order valence-electron chi connectivity index (χ2n) is 6.02. The van der Waals surface area contributed by atoms with Crippen LogP contribution in [0.3, 0.4) is 0 Å². The molecule has 3 aromatic rings. The van der Waals surface area contributed by atoms with Gasteiger partial charge in [-0.1, -0.05) is 30.3 Å². The van der Waals surface area contributed by atoms with Crippen molar-refractivity contribution in [1.82, 2.24) is 14.3 Å². The zero-order valence-electron chi connectivity index (χ0n) is 15.2. The lowest BCUT2D eigenvalue weighted by Gasteiger charge is -2.13. The summed E-state index contributed by atoms with van der Waals surface area (Å²) >= 11 is 0. The van der Waals surface area contributed by atoms with Gasteiger partial charge >= 0.3 is 10.3 Å². The van der Waals surface area contributed by atoms with Crippen LogP contribution in [0.1, 0.15) is 5.82 Å². The van der Waals surface area contributed by atoms with Crippen molar-refractivity contribution in [2.75, 3.05) is 19.4 Å². The molecule has 1 N–H and O–H groups in total. The molecule has 27 heavy (non-hydrogen) atoms. The smallest absolute Gasteiger partial charge is 0.371 e. The maximum atomic E-state index is 11.8. The Balaban J connectivity index is 1.79. The zero-order valence-corrected chi connectivity index (χ0v) is 16.1. The molecule has 3 rings (SSSR count). The van der Waals surface area contributed by atoms with Crippen LogP contribution >= 0.6 is 0 Å². The fraction of sp³-hybridized carbons (Fsp3) is 0.158. The van der Waals surface area contributed by atoms with Crippen LogP contribution in [-0.4, -0.2) is 36.8 Å². The standard InChI is InChI=1S/C19H20N4O3S/c1-14-20-18(15-7-5-4-6-8-15)13-19(21-14)22-16-9-11-17(12-10-16)26-27(24,25)23(2)3/h4-13H,1-3H3,(H,20,21,22). The molecule has 7 nitrogen and oxygen atoms in total. The Hall–Kier alpha value is -2.97. The molecule has 1 heterocycles. The second-order valence-corrected chi connectivity index (χ2v) is 7.78. The summed E-state index contributed by atoms with van der Waals surface area (Å²) < 4.78 is 29.5. The van der Waals surface area contributed by atoms with Gasteiger partial charge in [-0.25, -0.2) is 9.97 Å². The van der Waals surface area contributed by atoms with Crippen LogP contribution in [0.25, 0.3) is 11.3 Å². The average Bonchev–Trinajstić information content (AvgIpc) is 2.63. The molecule has 0 radical (unpaired) electrons. The summed E-state index contributed by atoms with van der Waals surface area (Å²) in [6, 6.07) is 18.3. The Bertz CT molecular complexity index is 1020. The molecule has 0 saturated carbocycles. The van der Waals surface area contributed by atoms with Crippen molar-refractivity contribution in [2.45, 2.75) is 6.92 Å². The highest BCUT2D eigenvalue weighted by Crippen LogP contribution is 2.24. The highest BCUT2D eigenvalue weighted by molar-refractivity contribution is 7.84. The Kier molecular flexibility index (Phi) is 5.38. The lowest BCUT2D eigenvalue weighted by Crippen LogP contribution is -2.26. The van der Waals surface area contributed by atoms with Gasteiger partial charge in [-0.3, -0.25) is 0 Å². The van der Waals surface area contributed by atoms with Crippen molar-refractivity contribution in [3.8, 4) is 17.0 Å². The van der Waals surface area contributed by atoms with Crippen molar-refractivity contribution in [3.05, 3.63) is 66.5 Å². The number of benzene rings is 2. The summed E-state index contributed by atoms with van der Waals surface area (Å²) in [6.07, 6.45) is 0. The van der Waals surface area contributed by atoms with Gasteiger partial charge in [-0.2, -0.15) is 12.7 Å². The maximum Gasteiger partial charge on any atom is 0.384 e. The molecule has 0 amide bonds. The van der Waals surface area contributed by atoms with Crippen molar-refractivity contribution < 1.29 is 12.6 Å². The molecule has 0 aliphatic carbocycles. The van der Waals surface area contributed by atoms with Crippen molar-refractivity contribution in [2.24, 2.45) is 0 Å². The number of nitrogens with zero attached hydrogens (tertiary/aromatic N) is 3. The lowest BCUT2D eigenvalue weighted by atomic mass is 10.1. The molecule has 0 unspecified atom stereocenters. The van der Waals surface area contributed by atoms with Crippen LogP contribution in [0.4, 0.5) is 11.5 Å². The Labute approximate surface area is 158 Å². The number of aryl methyl sites for hydroxylation is 1. The molecule has 0 fully saturated rings. The molecule has 0 spiro atoms. The Morgan fingerprint density at radius 1 is 0.963 bits per heavy atom. The largest absolute Gasteiger partial charge is 0.384 e. The minimum Gasteiger partial charge on any atom is -0.371 e. The van der Waals surface area contributed by atoms with Crippen LogP contribution in [0.5, 0.6) is 5.75 Å². The third-order valence-electron chi connectivity index (χ3n) is 3.68. The number of aromatic nitrogens is 2. The molecule has 0 atom stereocenters. The van der Waals surface area contributed by atoms with E-state index in [9.17, 15) is 8.42 Å². The van der Waals surface area contributed by atoms with Gasteiger partial charge in [0, 0.05) is 31.4 Å². The van der Waals surface area contributed by atoms with E-state index < -0.39 is 10.3 Å². The van der Waals surface area contributed by atoms with Gasteiger partial charge in [0.1, 0.15) is 17.4 Å². The number of rotatable bonds is 6. The molecular weight excluding hydrogens is 364 g/mol. The van der Waals surface area contributed by atoms with E-state index in [4.69, 9.17) is 4.18 Å². The highest BCUT2D eigenvalue weighted by atomic mass is 32.2. The van der Waals surface area contributed by atoms with Gasteiger partial charge in [0.05, 0.1) is 5.69 Å².